The topological polar surface area (TPSA) is 66.8 Å². The lowest BCUT2D eigenvalue weighted by atomic mass is 10.2. The molecule has 0 aromatic carbocycles. The number of hydrogen-bond donors (Lipinski definition) is 1. The molecule has 1 aliphatic rings. The van der Waals surface area contributed by atoms with Gasteiger partial charge < -0.3 is 14.7 Å². The van der Waals surface area contributed by atoms with Gasteiger partial charge in [0.2, 0.25) is 0 Å². The number of thiophene rings is 1. The molecule has 20 heavy (non-hydrogen) atoms. The summed E-state index contributed by atoms with van der Waals surface area (Å²) >= 11 is 1.34. The Bertz CT molecular complexity index is 519. The van der Waals surface area contributed by atoms with Gasteiger partial charge in [-0.05, 0) is 35.9 Å². The SMILES string of the molecule is COCCN(C(=O)c1sccc1C=CC(=O)O)C1CC1. The predicted molar refractivity (Wildman–Crippen MR) is 76.9 cm³/mol. The van der Waals surface area contributed by atoms with Gasteiger partial charge >= 0.3 is 5.97 Å². The zero-order chi connectivity index (χ0) is 14.5. The molecule has 2 rings (SSSR count). The molecule has 1 aliphatic carbocycles. The van der Waals surface area contributed by atoms with E-state index in [-0.39, 0.29) is 5.91 Å². The zero-order valence-corrected chi connectivity index (χ0v) is 12.1. The largest absolute Gasteiger partial charge is 0.478 e. The molecule has 5 nitrogen and oxygen atoms in total. The maximum Gasteiger partial charge on any atom is 0.328 e. The van der Waals surface area contributed by atoms with Gasteiger partial charge in [-0.15, -0.1) is 11.3 Å². The Hall–Kier alpha value is -1.66. The summed E-state index contributed by atoms with van der Waals surface area (Å²) in [5.41, 5.74) is 0.658. The van der Waals surface area contributed by atoms with Crippen molar-refractivity contribution in [3.63, 3.8) is 0 Å². The van der Waals surface area contributed by atoms with Crippen molar-refractivity contribution in [2.45, 2.75) is 18.9 Å². The molecule has 0 radical (unpaired) electrons. The van der Waals surface area contributed by atoms with E-state index >= 15 is 0 Å². The van der Waals surface area contributed by atoms with E-state index < -0.39 is 5.97 Å². The molecular weight excluding hydrogens is 278 g/mol. The Morgan fingerprint density at radius 3 is 2.90 bits per heavy atom. The average molecular weight is 295 g/mol. The quantitative estimate of drug-likeness (QED) is 0.782. The van der Waals surface area contributed by atoms with Crippen LogP contribution in [0.4, 0.5) is 0 Å². The van der Waals surface area contributed by atoms with Crippen molar-refractivity contribution in [1.82, 2.24) is 4.90 Å². The van der Waals surface area contributed by atoms with E-state index in [0.717, 1.165) is 18.9 Å². The lowest BCUT2D eigenvalue weighted by molar-refractivity contribution is -0.131. The van der Waals surface area contributed by atoms with E-state index in [1.165, 1.54) is 17.4 Å². The molecule has 0 spiro atoms. The summed E-state index contributed by atoms with van der Waals surface area (Å²) in [5.74, 6) is -1.06. The second kappa shape index (κ2) is 6.67. The van der Waals surface area contributed by atoms with Gasteiger partial charge in [0, 0.05) is 25.8 Å². The number of methoxy groups -OCH3 is 1. The normalized spacial score (nSPS) is 14.7. The van der Waals surface area contributed by atoms with Crippen molar-refractivity contribution < 1.29 is 19.4 Å². The molecule has 1 fully saturated rings. The van der Waals surface area contributed by atoms with Crippen LogP contribution in [0.1, 0.15) is 28.1 Å². The number of carboxylic acids is 1. The molecule has 1 aromatic heterocycles. The van der Waals surface area contributed by atoms with Gasteiger partial charge in [-0.25, -0.2) is 4.79 Å². The third-order valence-corrected chi connectivity index (χ3v) is 4.00. The van der Waals surface area contributed by atoms with Crippen LogP contribution in [-0.4, -0.2) is 48.2 Å². The van der Waals surface area contributed by atoms with Crippen molar-refractivity contribution >= 4 is 29.3 Å². The summed E-state index contributed by atoms with van der Waals surface area (Å²) < 4.78 is 5.04. The fourth-order valence-corrected chi connectivity index (χ4v) is 2.78. The summed E-state index contributed by atoms with van der Waals surface area (Å²) in [6.07, 6.45) is 4.57. The highest BCUT2D eigenvalue weighted by atomic mass is 32.1. The number of carbonyl (C=O) groups excluding carboxylic acids is 1. The minimum Gasteiger partial charge on any atom is -0.478 e. The molecule has 108 valence electrons. The lowest BCUT2D eigenvalue weighted by Gasteiger charge is -2.21. The van der Waals surface area contributed by atoms with Crippen molar-refractivity contribution in [2.24, 2.45) is 0 Å². The van der Waals surface area contributed by atoms with E-state index in [4.69, 9.17) is 9.84 Å². The maximum absolute atomic E-state index is 12.6. The minimum atomic E-state index is -1.02. The number of ether oxygens (including phenoxy) is 1. The Morgan fingerprint density at radius 2 is 2.30 bits per heavy atom. The van der Waals surface area contributed by atoms with E-state index in [2.05, 4.69) is 0 Å². The number of rotatable bonds is 7. The molecule has 1 amide bonds. The van der Waals surface area contributed by atoms with Crippen LogP contribution in [0, 0.1) is 0 Å². The van der Waals surface area contributed by atoms with Crippen LogP contribution in [-0.2, 0) is 9.53 Å². The molecule has 0 aliphatic heterocycles. The number of carbonyl (C=O) groups is 2. The number of nitrogens with zero attached hydrogens (tertiary/aromatic N) is 1. The first-order chi connectivity index (χ1) is 9.63. The van der Waals surface area contributed by atoms with Crippen LogP contribution in [0.5, 0.6) is 0 Å². The first-order valence-corrected chi connectivity index (χ1v) is 7.30. The molecule has 1 saturated carbocycles. The number of hydrogen-bond acceptors (Lipinski definition) is 4. The second-order valence-electron chi connectivity index (χ2n) is 4.60. The minimum absolute atomic E-state index is 0.0374. The number of carboxylic acid groups (broad SMARTS) is 1. The molecular formula is C14H17NO4S. The summed E-state index contributed by atoms with van der Waals surface area (Å²) in [6.45, 7) is 1.08. The Balaban J connectivity index is 2.14. The first kappa shape index (κ1) is 14.7. The van der Waals surface area contributed by atoms with Crippen molar-refractivity contribution in [1.29, 1.82) is 0 Å². The van der Waals surface area contributed by atoms with Gasteiger partial charge in [0.1, 0.15) is 0 Å². The monoisotopic (exact) mass is 295 g/mol. The van der Waals surface area contributed by atoms with Crippen molar-refractivity contribution in [3.05, 3.63) is 28.0 Å². The van der Waals surface area contributed by atoms with E-state index in [0.29, 0.717) is 29.6 Å². The molecule has 0 saturated heterocycles. The Morgan fingerprint density at radius 1 is 1.55 bits per heavy atom. The Kier molecular flexibility index (Phi) is 4.92. The van der Waals surface area contributed by atoms with Crippen LogP contribution in [0.15, 0.2) is 17.5 Å². The van der Waals surface area contributed by atoms with Crippen LogP contribution < -0.4 is 0 Å². The summed E-state index contributed by atoms with van der Waals surface area (Å²) in [6, 6.07) is 2.06. The molecule has 0 atom stereocenters. The maximum atomic E-state index is 12.6. The summed E-state index contributed by atoms with van der Waals surface area (Å²) in [4.78, 5) is 25.5. The first-order valence-electron chi connectivity index (χ1n) is 6.42. The highest BCUT2D eigenvalue weighted by molar-refractivity contribution is 7.12. The average Bonchev–Trinajstić information content (AvgIpc) is 3.14. The molecule has 1 N–H and O–H groups in total. The fraction of sp³-hybridized carbons (Fsp3) is 0.429. The highest BCUT2D eigenvalue weighted by Crippen LogP contribution is 2.30. The Labute approximate surface area is 121 Å². The van der Waals surface area contributed by atoms with Gasteiger partial charge in [0.15, 0.2) is 0 Å². The van der Waals surface area contributed by atoms with Gasteiger partial charge in [0.25, 0.3) is 5.91 Å². The second-order valence-corrected chi connectivity index (χ2v) is 5.52. The molecule has 1 aromatic rings. The van der Waals surface area contributed by atoms with E-state index in [1.807, 2.05) is 4.90 Å². The van der Waals surface area contributed by atoms with Gasteiger partial charge in [-0.3, -0.25) is 4.79 Å². The smallest absolute Gasteiger partial charge is 0.328 e. The molecule has 0 bridgehead atoms. The summed E-state index contributed by atoms with van der Waals surface area (Å²) in [5, 5.41) is 10.5. The van der Waals surface area contributed by atoms with E-state index in [1.54, 1.807) is 18.6 Å². The number of amides is 1. The van der Waals surface area contributed by atoms with Crippen molar-refractivity contribution in [3.8, 4) is 0 Å². The standard InChI is InChI=1S/C14H17NO4S/c1-19-8-7-15(11-3-4-11)14(18)13-10(6-9-20-13)2-5-12(16)17/h2,5-6,9,11H,3-4,7-8H2,1H3,(H,16,17). The van der Waals surface area contributed by atoms with E-state index in [9.17, 15) is 9.59 Å². The van der Waals surface area contributed by atoms with Crippen LogP contribution in [0.3, 0.4) is 0 Å². The molecule has 6 heteroatoms. The number of aliphatic carboxylic acids is 1. The zero-order valence-electron chi connectivity index (χ0n) is 11.2. The molecule has 1 heterocycles. The third-order valence-electron chi connectivity index (χ3n) is 3.08. The fourth-order valence-electron chi connectivity index (χ4n) is 1.94. The van der Waals surface area contributed by atoms with Crippen LogP contribution in [0.25, 0.3) is 6.08 Å². The van der Waals surface area contributed by atoms with Crippen LogP contribution in [0.2, 0.25) is 0 Å². The van der Waals surface area contributed by atoms with Crippen LogP contribution >= 0.6 is 11.3 Å². The molecule has 0 unspecified atom stereocenters. The third kappa shape index (κ3) is 3.68. The van der Waals surface area contributed by atoms with Gasteiger partial charge in [-0.1, -0.05) is 0 Å². The summed E-state index contributed by atoms with van der Waals surface area (Å²) in [7, 11) is 1.61. The van der Waals surface area contributed by atoms with Gasteiger partial charge in [-0.2, -0.15) is 0 Å². The predicted octanol–water partition coefficient (Wildman–Crippen LogP) is 2.10. The van der Waals surface area contributed by atoms with Gasteiger partial charge in [0.05, 0.1) is 11.5 Å². The highest BCUT2D eigenvalue weighted by Gasteiger charge is 2.33. The lowest BCUT2D eigenvalue weighted by Crippen LogP contribution is -2.35. The van der Waals surface area contributed by atoms with Crippen molar-refractivity contribution in [2.75, 3.05) is 20.3 Å².